The second-order valence-corrected chi connectivity index (χ2v) is 4.64. The molecular formula is C11H22N4O2. The second kappa shape index (κ2) is 5.97. The number of carbonyl (C=O) groups excluding carboxylic acids is 2. The predicted molar refractivity (Wildman–Crippen MR) is 65.3 cm³/mol. The van der Waals surface area contributed by atoms with Gasteiger partial charge in [-0.15, -0.1) is 0 Å². The molecule has 2 unspecified atom stereocenters. The van der Waals surface area contributed by atoms with Crippen molar-refractivity contribution in [1.29, 1.82) is 0 Å². The number of hydrogen-bond donors (Lipinski definition) is 2. The zero-order valence-corrected chi connectivity index (χ0v) is 10.8. The van der Waals surface area contributed by atoms with Crippen LogP contribution in [0.5, 0.6) is 0 Å². The lowest BCUT2D eigenvalue weighted by Crippen LogP contribution is -2.57. The summed E-state index contributed by atoms with van der Waals surface area (Å²) in [5, 5.41) is 2.50. The number of piperazine rings is 1. The van der Waals surface area contributed by atoms with Crippen LogP contribution in [-0.2, 0) is 9.59 Å². The number of carbonyl (C=O) groups is 2. The summed E-state index contributed by atoms with van der Waals surface area (Å²) >= 11 is 0. The Bertz CT molecular complexity index is 283. The van der Waals surface area contributed by atoms with Gasteiger partial charge in [0.1, 0.15) is 0 Å². The maximum atomic E-state index is 11.9. The minimum atomic E-state index is -0.298. The van der Waals surface area contributed by atoms with Gasteiger partial charge in [0.2, 0.25) is 11.8 Å². The molecule has 1 aliphatic heterocycles. The highest BCUT2D eigenvalue weighted by Gasteiger charge is 2.28. The molecule has 1 aliphatic rings. The number of nitrogens with one attached hydrogen (secondary N) is 1. The number of amides is 2. The van der Waals surface area contributed by atoms with Crippen molar-refractivity contribution >= 4 is 11.8 Å². The monoisotopic (exact) mass is 242 g/mol. The Morgan fingerprint density at radius 2 is 1.82 bits per heavy atom. The second-order valence-electron chi connectivity index (χ2n) is 4.64. The van der Waals surface area contributed by atoms with E-state index in [4.69, 9.17) is 5.73 Å². The summed E-state index contributed by atoms with van der Waals surface area (Å²) in [6.07, 6.45) is 0. The Hall–Kier alpha value is -1.14. The van der Waals surface area contributed by atoms with Crippen LogP contribution in [-0.4, -0.2) is 66.9 Å². The first-order valence-corrected chi connectivity index (χ1v) is 5.92. The van der Waals surface area contributed by atoms with Crippen molar-refractivity contribution in [2.24, 2.45) is 5.73 Å². The van der Waals surface area contributed by atoms with Crippen LogP contribution in [0.3, 0.4) is 0 Å². The third-order valence-electron chi connectivity index (χ3n) is 3.33. The summed E-state index contributed by atoms with van der Waals surface area (Å²) in [5.41, 5.74) is 5.16. The van der Waals surface area contributed by atoms with Crippen LogP contribution in [0.1, 0.15) is 13.8 Å². The van der Waals surface area contributed by atoms with E-state index < -0.39 is 0 Å². The quantitative estimate of drug-likeness (QED) is 0.639. The lowest BCUT2D eigenvalue weighted by molar-refractivity contribution is -0.135. The minimum absolute atomic E-state index is 0.0409. The molecule has 0 bridgehead atoms. The molecule has 98 valence electrons. The lowest BCUT2D eigenvalue weighted by Gasteiger charge is -2.42. The standard InChI is InChI=1S/C11H22N4O2/c1-8-6-15(7-9(2)14(8)3)11(17)5-13-10(16)4-12/h8-9H,4-7,12H2,1-3H3,(H,13,16). The van der Waals surface area contributed by atoms with Gasteiger partial charge in [-0.25, -0.2) is 0 Å². The van der Waals surface area contributed by atoms with Gasteiger partial charge in [0.05, 0.1) is 13.1 Å². The van der Waals surface area contributed by atoms with Gasteiger partial charge in [0, 0.05) is 25.2 Å². The molecular weight excluding hydrogens is 220 g/mol. The number of nitrogens with two attached hydrogens (primary N) is 1. The Morgan fingerprint density at radius 1 is 1.29 bits per heavy atom. The number of rotatable bonds is 3. The molecule has 0 aromatic rings. The molecule has 1 rings (SSSR count). The van der Waals surface area contributed by atoms with Crippen LogP contribution >= 0.6 is 0 Å². The van der Waals surface area contributed by atoms with E-state index in [-0.39, 0.29) is 24.9 Å². The molecule has 17 heavy (non-hydrogen) atoms. The van der Waals surface area contributed by atoms with E-state index in [2.05, 4.69) is 31.1 Å². The first-order valence-electron chi connectivity index (χ1n) is 5.92. The molecule has 1 heterocycles. The number of likely N-dealkylation sites (N-methyl/N-ethyl adjacent to an activating group) is 1. The fourth-order valence-corrected chi connectivity index (χ4v) is 1.97. The summed E-state index contributed by atoms with van der Waals surface area (Å²) in [6, 6.07) is 0.681. The average Bonchev–Trinajstić information content (AvgIpc) is 2.31. The van der Waals surface area contributed by atoms with Gasteiger partial charge in [-0.05, 0) is 20.9 Å². The van der Waals surface area contributed by atoms with Gasteiger partial charge in [0.15, 0.2) is 0 Å². The maximum Gasteiger partial charge on any atom is 0.242 e. The van der Waals surface area contributed by atoms with E-state index in [1.165, 1.54) is 0 Å². The topological polar surface area (TPSA) is 78.7 Å². The van der Waals surface area contributed by atoms with Crippen molar-refractivity contribution in [2.75, 3.05) is 33.2 Å². The fraction of sp³-hybridized carbons (Fsp3) is 0.818. The van der Waals surface area contributed by atoms with Crippen LogP contribution in [0.25, 0.3) is 0 Å². The Labute approximate surface area is 102 Å². The van der Waals surface area contributed by atoms with Crippen molar-refractivity contribution in [2.45, 2.75) is 25.9 Å². The van der Waals surface area contributed by atoms with Crippen LogP contribution in [0.2, 0.25) is 0 Å². The zero-order chi connectivity index (χ0) is 13.0. The lowest BCUT2D eigenvalue weighted by atomic mass is 10.1. The van der Waals surface area contributed by atoms with Crippen LogP contribution in [0.4, 0.5) is 0 Å². The highest BCUT2D eigenvalue weighted by Crippen LogP contribution is 2.12. The van der Waals surface area contributed by atoms with Crippen LogP contribution < -0.4 is 11.1 Å². The van der Waals surface area contributed by atoms with Gasteiger partial charge in [0.25, 0.3) is 0 Å². The van der Waals surface area contributed by atoms with Gasteiger partial charge in [-0.2, -0.15) is 0 Å². The summed E-state index contributed by atoms with van der Waals surface area (Å²) in [5.74, 6) is -0.341. The van der Waals surface area contributed by atoms with E-state index >= 15 is 0 Å². The molecule has 0 radical (unpaired) electrons. The first-order chi connectivity index (χ1) is 7.95. The summed E-state index contributed by atoms with van der Waals surface area (Å²) in [6.45, 7) is 5.56. The van der Waals surface area contributed by atoms with Crippen molar-refractivity contribution < 1.29 is 9.59 Å². The van der Waals surface area contributed by atoms with Crippen molar-refractivity contribution in [3.8, 4) is 0 Å². The largest absolute Gasteiger partial charge is 0.346 e. The molecule has 3 N–H and O–H groups in total. The molecule has 6 heteroatoms. The smallest absolute Gasteiger partial charge is 0.242 e. The summed E-state index contributed by atoms with van der Waals surface area (Å²) in [4.78, 5) is 26.9. The zero-order valence-electron chi connectivity index (χ0n) is 10.8. The Balaban J connectivity index is 2.45. The molecule has 0 aromatic heterocycles. The molecule has 1 fully saturated rings. The number of nitrogens with zero attached hydrogens (tertiary/aromatic N) is 2. The fourth-order valence-electron chi connectivity index (χ4n) is 1.97. The minimum Gasteiger partial charge on any atom is -0.346 e. The third-order valence-corrected chi connectivity index (χ3v) is 3.33. The molecule has 0 aromatic carbocycles. The van der Waals surface area contributed by atoms with E-state index in [1.54, 1.807) is 4.90 Å². The van der Waals surface area contributed by atoms with Crippen molar-refractivity contribution in [1.82, 2.24) is 15.1 Å². The van der Waals surface area contributed by atoms with E-state index in [1.807, 2.05) is 0 Å². The maximum absolute atomic E-state index is 11.9. The van der Waals surface area contributed by atoms with E-state index in [0.717, 1.165) is 0 Å². The first kappa shape index (κ1) is 13.9. The molecule has 2 atom stereocenters. The normalized spacial score (nSPS) is 25.8. The molecule has 2 amide bonds. The average molecular weight is 242 g/mol. The summed E-state index contributed by atoms with van der Waals surface area (Å²) in [7, 11) is 2.06. The highest BCUT2D eigenvalue weighted by molar-refractivity contribution is 5.85. The molecule has 0 aliphatic carbocycles. The van der Waals surface area contributed by atoms with Gasteiger partial charge < -0.3 is 16.0 Å². The van der Waals surface area contributed by atoms with Crippen LogP contribution in [0.15, 0.2) is 0 Å². The van der Waals surface area contributed by atoms with E-state index in [9.17, 15) is 9.59 Å². The van der Waals surface area contributed by atoms with Crippen molar-refractivity contribution in [3.05, 3.63) is 0 Å². The number of hydrogen-bond acceptors (Lipinski definition) is 4. The predicted octanol–water partition coefficient (Wildman–Crippen LogP) is -1.39. The van der Waals surface area contributed by atoms with Gasteiger partial charge >= 0.3 is 0 Å². The van der Waals surface area contributed by atoms with Gasteiger partial charge in [-0.3, -0.25) is 14.5 Å². The SMILES string of the molecule is CC1CN(C(=O)CNC(=O)CN)CC(C)N1C. The molecule has 6 nitrogen and oxygen atoms in total. The van der Waals surface area contributed by atoms with Gasteiger partial charge in [-0.1, -0.05) is 0 Å². The molecule has 1 saturated heterocycles. The molecule has 0 saturated carbocycles. The Kier molecular flexibility index (Phi) is 4.89. The third kappa shape index (κ3) is 3.67. The summed E-state index contributed by atoms with van der Waals surface area (Å²) < 4.78 is 0. The highest BCUT2D eigenvalue weighted by atomic mass is 16.2. The van der Waals surface area contributed by atoms with Crippen LogP contribution in [0, 0.1) is 0 Å². The van der Waals surface area contributed by atoms with Crippen molar-refractivity contribution in [3.63, 3.8) is 0 Å². The van der Waals surface area contributed by atoms with E-state index in [0.29, 0.717) is 25.2 Å². The Morgan fingerprint density at radius 3 is 2.29 bits per heavy atom. The molecule has 0 spiro atoms.